The number of aromatic nitrogens is 5. The molecule has 2 aromatic heterocycles. The van der Waals surface area contributed by atoms with Crippen molar-refractivity contribution in [3.63, 3.8) is 0 Å². The zero-order valence-corrected chi connectivity index (χ0v) is 11.6. The second-order valence-corrected chi connectivity index (χ2v) is 4.63. The number of hydrogen-bond donors (Lipinski definition) is 3. The number of hydrogen-bond acceptors (Lipinski definition) is 10. The molecule has 2 aromatic rings. The second kappa shape index (κ2) is 6.05. The van der Waals surface area contributed by atoms with Gasteiger partial charge in [-0.1, -0.05) is 5.21 Å². The van der Waals surface area contributed by atoms with Crippen molar-refractivity contribution in [3.05, 3.63) is 11.4 Å². The molecule has 0 radical (unpaired) electrons. The maximum atomic E-state index is 11.9. The van der Waals surface area contributed by atoms with Gasteiger partial charge in [0.1, 0.15) is 0 Å². The van der Waals surface area contributed by atoms with E-state index in [4.69, 9.17) is 16.3 Å². The van der Waals surface area contributed by atoms with Crippen molar-refractivity contribution >= 4 is 11.7 Å². The highest BCUT2D eigenvalue weighted by Crippen LogP contribution is 2.17. The molecule has 22 heavy (non-hydrogen) atoms. The van der Waals surface area contributed by atoms with E-state index in [0.29, 0.717) is 25.5 Å². The Labute approximate surface area is 124 Å². The van der Waals surface area contributed by atoms with Gasteiger partial charge in [-0.25, -0.2) is 10.5 Å². The van der Waals surface area contributed by atoms with Gasteiger partial charge in [-0.05, 0) is 10.3 Å². The summed E-state index contributed by atoms with van der Waals surface area (Å²) >= 11 is 0. The predicted octanol–water partition coefficient (Wildman–Crippen LogP) is -2.33. The van der Waals surface area contributed by atoms with Gasteiger partial charge < -0.3 is 10.5 Å². The highest BCUT2D eigenvalue weighted by atomic mass is 16.6. The molecule has 12 heteroatoms. The number of carbonyl (C=O) groups is 1. The summed E-state index contributed by atoms with van der Waals surface area (Å²) in [6.45, 7) is 3.09. The van der Waals surface area contributed by atoms with Crippen LogP contribution in [0.1, 0.15) is 16.2 Å². The molecule has 1 fully saturated rings. The fourth-order valence-electron chi connectivity index (χ4n) is 2.17. The van der Waals surface area contributed by atoms with E-state index >= 15 is 0 Å². The van der Waals surface area contributed by atoms with Crippen LogP contribution >= 0.6 is 0 Å². The molecule has 0 bridgehead atoms. The van der Waals surface area contributed by atoms with Gasteiger partial charge in [-0.3, -0.25) is 15.1 Å². The number of nitrogens with zero attached hydrogens (tertiary/aromatic N) is 6. The molecule has 1 saturated heterocycles. The summed E-state index contributed by atoms with van der Waals surface area (Å²) < 4.78 is 11.2. The van der Waals surface area contributed by atoms with E-state index in [1.165, 1.54) is 4.68 Å². The molecule has 118 valence electrons. The van der Waals surface area contributed by atoms with E-state index in [1.807, 2.05) is 5.43 Å². The number of carbonyl (C=O) groups excluding carboxylic acids is 1. The normalized spacial score (nSPS) is 15.9. The SMILES string of the molecule is NNC(=O)c1nnn(-c2nonc2N)c1CN1CCOCC1. The van der Waals surface area contributed by atoms with Crippen molar-refractivity contribution in [3.8, 4) is 5.82 Å². The molecule has 12 nitrogen and oxygen atoms in total. The first-order valence-electron chi connectivity index (χ1n) is 6.54. The summed E-state index contributed by atoms with van der Waals surface area (Å²) in [6.07, 6.45) is 0. The quantitative estimate of drug-likeness (QED) is 0.317. The van der Waals surface area contributed by atoms with Gasteiger partial charge in [-0.15, -0.1) is 5.10 Å². The summed E-state index contributed by atoms with van der Waals surface area (Å²) in [5, 5.41) is 14.9. The van der Waals surface area contributed by atoms with Crippen molar-refractivity contribution in [2.75, 3.05) is 32.0 Å². The molecule has 0 spiro atoms. The molecule has 3 heterocycles. The van der Waals surface area contributed by atoms with E-state index in [1.54, 1.807) is 0 Å². The lowest BCUT2D eigenvalue weighted by atomic mass is 10.2. The molecule has 0 saturated carbocycles. The Morgan fingerprint density at radius 3 is 2.73 bits per heavy atom. The van der Waals surface area contributed by atoms with E-state index < -0.39 is 5.91 Å². The number of hydrazine groups is 1. The van der Waals surface area contributed by atoms with Crippen molar-refractivity contribution in [1.29, 1.82) is 0 Å². The van der Waals surface area contributed by atoms with Crippen molar-refractivity contribution in [1.82, 2.24) is 35.6 Å². The molecule has 0 atom stereocenters. The maximum absolute atomic E-state index is 11.9. The van der Waals surface area contributed by atoms with Gasteiger partial charge in [0, 0.05) is 19.6 Å². The smallest absolute Gasteiger partial charge is 0.287 e. The van der Waals surface area contributed by atoms with Gasteiger partial charge in [0.2, 0.25) is 11.6 Å². The third kappa shape index (κ3) is 2.61. The average Bonchev–Trinajstić information content (AvgIpc) is 3.13. The van der Waals surface area contributed by atoms with Crippen LogP contribution in [-0.2, 0) is 11.3 Å². The topological polar surface area (TPSA) is 163 Å². The van der Waals surface area contributed by atoms with Crippen LogP contribution < -0.4 is 17.0 Å². The van der Waals surface area contributed by atoms with Crippen LogP contribution in [0, 0.1) is 0 Å². The van der Waals surface area contributed by atoms with Gasteiger partial charge >= 0.3 is 0 Å². The maximum Gasteiger partial charge on any atom is 0.287 e. The first-order chi connectivity index (χ1) is 10.7. The largest absolute Gasteiger partial charge is 0.379 e. The summed E-state index contributed by atoms with van der Waals surface area (Å²) in [6, 6.07) is 0. The van der Waals surface area contributed by atoms with Gasteiger partial charge in [0.05, 0.1) is 18.9 Å². The molecule has 0 unspecified atom stereocenters. The lowest BCUT2D eigenvalue weighted by molar-refractivity contribution is 0.0332. The van der Waals surface area contributed by atoms with Crippen LogP contribution in [0.25, 0.3) is 5.82 Å². The molecule has 3 rings (SSSR count). The van der Waals surface area contributed by atoms with Crippen LogP contribution in [0.4, 0.5) is 5.82 Å². The molecular weight excluding hydrogens is 294 g/mol. The third-order valence-corrected chi connectivity index (χ3v) is 3.28. The van der Waals surface area contributed by atoms with Crippen LogP contribution in [0.5, 0.6) is 0 Å². The minimum atomic E-state index is -0.551. The first-order valence-corrected chi connectivity index (χ1v) is 6.54. The highest BCUT2D eigenvalue weighted by Gasteiger charge is 2.25. The van der Waals surface area contributed by atoms with Gasteiger partial charge in [0.15, 0.2) is 5.69 Å². The molecule has 0 aliphatic carbocycles. The number of nitrogen functional groups attached to an aromatic ring is 2. The van der Waals surface area contributed by atoms with Gasteiger partial charge in [0.25, 0.3) is 5.91 Å². The fraction of sp³-hybridized carbons (Fsp3) is 0.500. The van der Waals surface area contributed by atoms with Crippen LogP contribution in [0.2, 0.25) is 0 Å². The zero-order chi connectivity index (χ0) is 15.5. The second-order valence-electron chi connectivity index (χ2n) is 4.63. The lowest BCUT2D eigenvalue weighted by Crippen LogP contribution is -2.37. The Bertz CT molecular complexity index is 660. The Balaban J connectivity index is 1.97. The molecule has 0 aromatic carbocycles. The van der Waals surface area contributed by atoms with Crippen LogP contribution in [0.3, 0.4) is 0 Å². The Hall–Kier alpha value is -2.57. The Kier molecular flexibility index (Phi) is 3.95. The number of nitrogens with one attached hydrogen (secondary N) is 1. The number of morpholine rings is 1. The summed E-state index contributed by atoms with van der Waals surface area (Å²) in [5.41, 5.74) is 8.31. The monoisotopic (exact) mass is 309 g/mol. The summed E-state index contributed by atoms with van der Waals surface area (Å²) in [5.74, 6) is 4.85. The number of nitrogens with two attached hydrogens (primary N) is 2. The Morgan fingerprint density at radius 1 is 1.32 bits per heavy atom. The fourth-order valence-corrected chi connectivity index (χ4v) is 2.17. The predicted molar refractivity (Wildman–Crippen MR) is 71.4 cm³/mol. The standard InChI is InChI=1S/C10H15N9O3/c11-8-9(16-22-15-8)19-6(5-18-1-3-21-4-2-18)7(14-17-19)10(20)13-12/h1-5,12H2,(H2,11,15)(H,13,20). The highest BCUT2D eigenvalue weighted by molar-refractivity contribution is 5.92. The first kappa shape index (κ1) is 14.4. The molecular formula is C10H15N9O3. The lowest BCUT2D eigenvalue weighted by Gasteiger charge is -2.26. The van der Waals surface area contributed by atoms with E-state index in [-0.39, 0.29) is 17.3 Å². The van der Waals surface area contributed by atoms with Crippen molar-refractivity contribution in [2.45, 2.75) is 6.54 Å². The number of amides is 1. The van der Waals surface area contributed by atoms with Crippen molar-refractivity contribution in [2.24, 2.45) is 5.84 Å². The molecule has 5 N–H and O–H groups in total. The minimum Gasteiger partial charge on any atom is -0.379 e. The number of ether oxygens (including phenoxy) is 1. The number of anilines is 1. The third-order valence-electron chi connectivity index (χ3n) is 3.28. The van der Waals surface area contributed by atoms with E-state index in [0.717, 1.165) is 13.1 Å². The van der Waals surface area contributed by atoms with E-state index in [9.17, 15) is 4.79 Å². The van der Waals surface area contributed by atoms with Crippen LogP contribution in [-0.4, -0.2) is 62.4 Å². The van der Waals surface area contributed by atoms with Gasteiger partial charge in [-0.2, -0.15) is 4.68 Å². The van der Waals surface area contributed by atoms with E-state index in [2.05, 4.69) is 30.2 Å². The Morgan fingerprint density at radius 2 is 2.09 bits per heavy atom. The molecule has 1 amide bonds. The molecule has 1 aliphatic rings. The number of rotatable bonds is 4. The van der Waals surface area contributed by atoms with Crippen LogP contribution in [0.15, 0.2) is 4.63 Å². The minimum absolute atomic E-state index is 0.0489. The summed E-state index contributed by atoms with van der Waals surface area (Å²) in [7, 11) is 0. The van der Waals surface area contributed by atoms with Crippen molar-refractivity contribution < 1.29 is 14.2 Å². The average molecular weight is 309 g/mol. The molecule has 1 aliphatic heterocycles. The zero-order valence-electron chi connectivity index (χ0n) is 11.6. The summed E-state index contributed by atoms with van der Waals surface area (Å²) in [4.78, 5) is 14.0.